The van der Waals surface area contributed by atoms with Crippen LogP contribution in [-0.2, 0) is 6.61 Å². The molecule has 4 aromatic carbocycles. The number of anilines is 1. The lowest BCUT2D eigenvalue weighted by atomic mass is 10.1. The molecule has 0 saturated carbocycles. The van der Waals surface area contributed by atoms with E-state index in [0.717, 1.165) is 27.8 Å². The highest BCUT2D eigenvalue weighted by atomic mass is 16.5. The summed E-state index contributed by atoms with van der Waals surface area (Å²) in [7, 11) is 3.97. The first-order valence-corrected chi connectivity index (χ1v) is 11.9. The number of carbonyl (C=O) groups excluding carboxylic acids is 1. The molecule has 0 aliphatic carbocycles. The molecule has 0 aliphatic heterocycles. The molecule has 37 heavy (non-hydrogen) atoms. The zero-order valence-electron chi connectivity index (χ0n) is 20.7. The molecule has 5 rings (SSSR count). The van der Waals surface area contributed by atoms with E-state index in [4.69, 9.17) is 4.74 Å². The van der Waals surface area contributed by atoms with E-state index in [1.165, 1.54) is 5.39 Å². The van der Waals surface area contributed by atoms with E-state index in [-0.39, 0.29) is 5.91 Å². The Balaban J connectivity index is 1.27. The van der Waals surface area contributed by atoms with Gasteiger partial charge in [0.15, 0.2) is 0 Å². The molecule has 0 saturated heterocycles. The third-order valence-electron chi connectivity index (χ3n) is 6.04. The van der Waals surface area contributed by atoms with Crippen molar-refractivity contribution in [3.05, 3.63) is 114 Å². The minimum absolute atomic E-state index is 0.305. The standard InChI is InChI=1S/C30H27N5O2/c1-35(2)24-16-14-21(15-17-24)19-31-34-30(36)28-18-27(32-33-28)26-12-5-6-13-29(26)37-20-23-10-7-9-22-8-3-4-11-25(22)23/h3-19H,20H2,1-2H3,(H,32,33)(H,34,36)/b31-19-. The van der Waals surface area contributed by atoms with Crippen molar-refractivity contribution in [2.45, 2.75) is 6.61 Å². The molecule has 0 aliphatic rings. The number of H-pyrrole nitrogens is 1. The number of aromatic nitrogens is 2. The highest BCUT2D eigenvalue weighted by Gasteiger charge is 2.14. The molecule has 1 heterocycles. The molecule has 7 heteroatoms. The fraction of sp³-hybridized carbons (Fsp3) is 0.100. The monoisotopic (exact) mass is 489 g/mol. The lowest BCUT2D eigenvalue weighted by molar-refractivity contribution is 0.0950. The quantitative estimate of drug-likeness (QED) is 0.218. The molecule has 7 nitrogen and oxygen atoms in total. The summed E-state index contributed by atoms with van der Waals surface area (Å²) in [5, 5.41) is 13.5. The van der Waals surface area contributed by atoms with Gasteiger partial charge in [-0.25, -0.2) is 5.43 Å². The van der Waals surface area contributed by atoms with Gasteiger partial charge in [-0.2, -0.15) is 10.2 Å². The number of rotatable bonds is 8. The van der Waals surface area contributed by atoms with E-state index in [9.17, 15) is 4.79 Å². The number of nitrogens with zero attached hydrogens (tertiary/aromatic N) is 3. The van der Waals surface area contributed by atoms with Crippen LogP contribution in [0.2, 0.25) is 0 Å². The van der Waals surface area contributed by atoms with Crippen LogP contribution < -0.4 is 15.1 Å². The maximum Gasteiger partial charge on any atom is 0.289 e. The van der Waals surface area contributed by atoms with Crippen LogP contribution >= 0.6 is 0 Å². The average Bonchev–Trinajstić information content (AvgIpc) is 3.43. The molecular formula is C30H27N5O2. The zero-order chi connectivity index (χ0) is 25.6. The summed E-state index contributed by atoms with van der Waals surface area (Å²) < 4.78 is 6.21. The number of fused-ring (bicyclic) bond motifs is 1. The van der Waals surface area contributed by atoms with Crippen molar-refractivity contribution in [1.29, 1.82) is 0 Å². The molecule has 1 aromatic heterocycles. The lowest BCUT2D eigenvalue weighted by Gasteiger charge is -2.12. The largest absolute Gasteiger partial charge is 0.488 e. The van der Waals surface area contributed by atoms with Gasteiger partial charge in [-0.15, -0.1) is 0 Å². The summed E-state index contributed by atoms with van der Waals surface area (Å²) in [6.45, 7) is 0.417. The van der Waals surface area contributed by atoms with Crippen LogP contribution in [0.25, 0.3) is 22.0 Å². The van der Waals surface area contributed by atoms with E-state index >= 15 is 0 Å². The van der Waals surface area contributed by atoms with Gasteiger partial charge in [-0.3, -0.25) is 9.89 Å². The number of benzene rings is 4. The maximum atomic E-state index is 12.6. The van der Waals surface area contributed by atoms with Crippen molar-refractivity contribution in [2.75, 3.05) is 19.0 Å². The van der Waals surface area contributed by atoms with Crippen LogP contribution in [0.4, 0.5) is 5.69 Å². The Bertz CT molecular complexity index is 1550. The van der Waals surface area contributed by atoms with Gasteiger partial charge < -0.3 is 9.64 Å². The molecule has 0 radical (unpaired) electrons. The first-order valence-electron chi connectivity index (χ1n) is 11.9. The summed E-state index contributed by atoms with van der Waals surface area (Å²) in [5.74, 6) is 0.308. The number of para-hydroxylation sites is 1. The van der Waals surface area contributed by atoms with Crippen molar-refractivity contribution in [3.8, 4) is 17.0 Å². The normalized spacial score (nSPS) is 11.1. The van der Waals surface area contributed by atoms with Gasteiger partial charge in [0.2, 0.25) is 0 Å². The van der Waals surface area contributed by atoms with E-state index in [2.05, 4.69) is 45.0 Å². The van der Waals surface area contributed by atoms with Gasteiger partial charge in [-0.05, 0) is 52.2 Å². The Morgan fingerprint density at radius 1 is 0.973 bits per heavy atom. The lowest BCUT2D eigenvalue weighted by Crippen LogP contribution is -2.18. The van der Waals surface area contributed by atoms with Crippen LogP contribution in [0, 0.1) is 0 Å². The third kappa shape index (κ3) is 5.51. The molecule has 0 atom stereocenters. The highest BCUT2D eigenvalue weighted by Crippen LogP contribution is 2.30. The van der Waals surface area contributed by atoms with E-state index in [0.29, 0.717) is 23.7 Å². The summed E-state index contributed by atoms with van der Waals surface area (Å²) in [6, 6.07) is 31.7. The number of amides is 1. The van der Waals surface area contributed by atoms with Gasteiger partial charge in [-0.1, -0.05) is 66.7 Å². The molecule has 1 amide bonds. The second-order valence-corrected chi connectivity index (χ2v) is 8.78. The summed E-state index contributed by atoms with van der Waals surface area (Å²) in [6.07, 6.45) is 1.60. The van der Waals surface area contributed by atoms with Crippen molar-refractivity contribution < 1.29 is 9.53 Å². The Morgan fingerprint density at radius 3 is 2.57 bits per heavy atom. The second-order valence-electron chi connectivity index (χ2n) is 8.78. The van der Waals surface area contributed by atoms with Gasteiger partial charge in [0.1, 0.15) is 18.1 Å². The number of hydrazone groups is 1. The minimum atomic E-state index is -0.380. The maximum absolute atomic E-state index is 12.6. The van der Waals surface area contributed by atoms with E-state index in [1.807, 2.05) is 85.7 Å². The molecular weight excluding hydrogens is 462 g/mol. The van der Waals surface area contributed by atoms with Crippen molar-refractivity contribution in [2.24, 2.45) is 5.10 Å². The summed E-state index contributed by atoms with van der Waals surface area (Å²) in [5.41, 5.74) is 7.33. The van der Waals surface area contributed by atoms with Crippen molar-refractivity contribution in [3.63, 3.8) is 0 Å². The van der Waals surface area contributed by atoms with Crippen LogP contribution in [-0.4, -0.2) is 36.4 Å². The predicted molar refractivity (Wildman–Crippen MR) is 148 cm³/mol. The molecule has 184 valence electrons. The Hall–Kier alpha value is -4.91. The number of carbonyl (C=O) groups is 1. The van der Waals surface area contributed by atoms with Gasteiger partial charge in [0, 0.05) is 25.3 Å². The minimum Gasteiger partial charge on any atom is -0.488 e. The fourth-order valence-corrected chi connectivity index (χ4v) is 4.04. The van der Waals surface area contributed by atoms with Gasteiger partial charge >= 0.3 is 0 Å². The molecule has 0 unspecified atom stereocenters. The molecule has 0 bridgehead atoms. The first kappa shape index (κ1) is 23.8. The first-order chi connectivity index (χ1) is 18.1. The molecule has 5 aromatic rings. The SMILES string of the molecule is CN(C)c1ccc(/C=N\NC(=O)c2cc(-c3ccccc3OCc3cccc4ccccc34)n[nH]2)cc1. The van der Waals surface area contributed by atoms with Crippen LogP contribution in [0.5, 0.6) is 5.75 Å². The molecule has 0 spiro atoms. The Kier molecular flexibility index (Phi) is 6.94. The number of hydrogen-bond acceptors (Lipinski definition) is 5. The van der Waals surface area contributed by atoms with E-state index < -0.39 is 0 Å². The van der Waals surface area contributed by atoms with E-state index in [1.54, 1.807) is 12.3 Å². The van der Waals surface area contributed by atoms with Gasteiger partial charge in [0.25, 0.3) is 5.91 Å². The van der Waals surface area contributed by atoms with Crippen LogP contribution in [0.1, 0.15) is 21.6 Å². The zero-order valence-corrected chi connectivity index (χ0v) is 20.7. The smallest absolute Gasteiger partial charge is 0.289 e. The van der Waals surface area contributed by atoms with Crippen molar-refractivity contribution >= 4 is 28.6 Å². The topological polar surface area (TPSA) is 82.6 Å². The Labute approximate surface area is 215 Å². The van der Waals surface area contributed by atoms with Crippen LogP contribution in [0.15, 0.2) is 102 Å². The second kappa shape index (κ2) is 10.8. The number of ether oxygens (including phenoxy) is 1. The Morgan fingerprint density at radius 2 is 1.73 bits per heavy atom. The predicted octanol–water partition coefficient (Wildman–Crippen LogP) is 5.64. The highest BCUT2D eigenvalue weighted by molar-refractivity contribution is 5.94. The van der Waals surface area contributed by atoms with Crippen molar-refractivity contribution in [1.82, 2.24) is 15.6 Å². The summed E-state index contributed by atoms with van der Waals surface area (Å²) >= 11 is 0. The number of nitrogens with one attached hydrogen (secondary N) is 2. The molecule has 2 N–H and O–H groups in total. The molecule has 0 fully saturated rings. The fourth-order valence-electron chi connectivity index (χ4n) is 4.04. The number of aromatic amines is 1. The summed E-state index contributed by atoms with van der Waals surface area (Å²) in [4.78, 5) is 14.6. The third-order valence-corrected chi connectivity index (χ3v) is 6.04. The average molecular weight is 490 g/mol. The van der Waals surface area contributed by atoms with Crippen LogP contribution in [0.3, 0.4) is 0 Å². The number of hydrogen-bond donors (Lipinski definition) is 2. The van der Waals surface area contributed by atoms with Gasteiger partial charge in [0.05, 0.1) is 11.9 Å².